The maximum atomic E-state index is 13.5. The van der Waals surface area contributed by atoms with Gasteiger partial charge >= 0.3 is 5.63 Å². The highest BCUT2D eigenvalue weighted by Crippen LogP contribution is 2.25. The van der Waals surface area contributed by atoms with Gasteiger partial charge in [0.15, 0.2) is 0 Å². The molecule has 122 valence electrons. The molecule has 0 amide bonds. The molecule has 0 saturated heterocycles. The summed E-state index contributed by atoms with van der Waals surface area (Å²) in [6.45, 7) is 0. The van der Waals surface area contributed by atoms with Crippen molar-refractivity contribution in [3.05, 3.63) is 85.5 Å². The van der Waals surface area contributed by atoms with Crippen molar-refractivity contribution >= 4 is 32.6 Å². The predicted octanol–water partition coefficient (Wildman–Crippen LogP) is 4.33. The molecule has 0 aliphatic carbocycles. The molecule has 0 aliphatic rings. The summed E-state index contributed by atoms with van der Waals surface area (Å²) in [7, 11) is 0. The van der Waals surface area contributed by atoms with Gasteiger partial charge in [-0.3, -0.25) is 10.1 Å². The van der Waals surface area contributed by atoms with E-state index >= 15 is 0 Å². The fraction of sp³-hybridized carbons (Fsp3) is 0.118. The van der Waals surface area contributed by atoms with E-state index < -0.39 is 16.4 Å². The van der Waals surface area contributed by atoms with E-state index in [9.17, 15) is 19.3 Å². The molecule has 2 aromatic carbocycles. The van der Waals surface area contributed by atoms with Gasteiger partial charge in [0.1, 0.15) is 11.4 Å². The van der Waals surface area contributed by atoms with Crippen molar-refractivity contribution in [3.8, 4) is 0 Å². The summed E-state index contributed by atoms with van der Waals surface area (Å²) in [6, 6.07) is 9.99. The number of halogens is 2. The van der Waals surface area contributed by atoms with E-state index in [0.717, 1.165) is 0 Å². The number of fused-ring (bicyclic) bond motifs is 1. The number of rotatable bonds is 4. The molecule has 0 spiro atoms. The average molecular weight is 392 g/mol. The van der Waals surface area contributed by atoms with Crippen LogP contribution in [0.2, 0.25) is 0 Å². The van der Waals surface area contributed by atoms with E-state index in [1.54, 1.807) is 12.1 Å². The van der Waals surface area contributed by atoms with E-state index in [1.807, 2.05) is 0 Å². The van der Waals surface area contributed by atoms with Crippen LogP contribution in [0.4, 0.5) is 10.1 Å². The first-order valence-corrected chi connectivity index (χ1v) is 8.15. The monoisotopic (exact) mass is 391 g/mol. The smallest absolute Gasteiger partial charge is 0.340 e. The van der Waals surface area contributed by atoms with Gasteiger partial charge in [-0.05, 0) is 29.3 Å². The predicted molar refractivity (Wildman–Crippen MR) is 91.0 cm³/mol. The zero-order valence-electron chi connectivity index (χ0n) is 12.3. The largest absolute Gasteiger partial charge is 0.422 e. The molecule has 24 heavy (non-hydrogen) atoms. The molecule has 1 heterocycles. The zero-order valence-corrected chi connectivity index (χ0v) is 13.9. The second-order valence-corrected chi connectivity index (χ2v) is 5.79. The lowest BCUT2D eigenvalue weighted by atomic mass is 9.99. The maximum absolute atomic E-state index is 13.5. The SMILES string of the molecule is O=c1oc2ccc(F)cc2c(CBr)c1Cc1cccc([N+](=O)[O-])c1. The maximum Gasteiger partial charge on any atom is 0.340 e. The lowest BCUT2D eigenvalue weighted by molar-refractivity contribution is -0.384. The molecular formula is C17H11BrFNO4. The van der Waals surface area contributed by atoms with Crippen LogP contribution in [-0.2, 0) is 11.8 Å². The van der Waals surface area contributed by atoms with Gasteiger partial charge in [0.25, 0.3) is 5.69 Å². The van der Waals surface area contributed by atoms with Gasteiger partial charge in [-0.2, -0.15) is 0 Å². The van der Waals surface area contributed by atoms with Crippen molar-refractivity contribution in [2.24, 2.45) is 0 Å². The average Bonchev–Trinajstić information content (AvgIpc) is 2.56. The molecule has 0 radical (unpaired) electrons. The Bertz CT molecular complexity index is 1000. The summed E-state index contributed by atoms with van der Waals surface area (Å²) < 4.78 is 18.8. The molecule has 0 aliphatic heterocycles. The van der Waals surface area contributed by atoms with Crippen LogP contribution in [0.5, 0.6) is 0 Å². The minimum absolute atomic E-state index is 0.0517. The highest BCUT2D eigenvalue weighted by molar-refractivity contribution is 9.08. The van der Waals surface area contributed by atoms with Crippen molar-refractivity contribution in [2.45, 2.75) is 11.8 Å². The zero-order chi connectivity index (χ0) is 17.3. The second-order valence-electron chi connectivity index (χ2n) is 5.22. The molecule has 0 unspecified atom stereocenters. The fourth-order valence-electron chi connectivity index (χ4n) is 2.59. The Hall–Kier alpha value is -2.54. The summed E-state index contributed by atoms with van der Waals surface area (Å²) in [5.74, 6) is -0.431. The first-order chi connectivity index (χ1) is 11.5. The Morgan fingerprint density at radius 2 is 1.96 bits per heavy atom. The van der Waals surface area contributed by atoms with Gasteiger partial charge in [-0.1, -0.05) is 28.1 Å². The van der Waals surface area contributed by atoms with Crippen molar-refractivity contribution < 1.29 is 13.7 Å². The lowest BCUT2D eigenvalue weighted by Crippen LogP contribution is -2.12. The summed E-state index contributed by atoms with van der Waals surface area (Å²) in [5, 5.41) is 11.7. The Morgan fingerprint density at radius 1 is 1.17 bits per heavy atom. The Labute approximate surface area is 144 Å². The van der Waals surface area contributed by atoms with Gasteiger partial charge in [-0.15, -0.1) is 0 Å². The van der Waals surface area contributed by atoms with Crippen LogP contribution < -0.4 is 5.63 Å². The normalized spacial score (nSPS) is 10.9. The third-order valence-electron chi connectivity index (χ3n) is 3.72. The van der Waals surface area contributed by atoms with Gasteiger partial charge in [0.05, 0.1) is 4.92 Å². The number of hydrogen-bond donors (Lipinski definition) is 0. The van der Waals surface area contributed by atoms with Crippen LogP contribution in [0.1, 0.15) is 16.7 Å². The topological polar surface area (TPSA) is 73.3 Å². The van der Waals surface area contributed by atoms with Crippen LogP contribution in [0.15, 0.2) is 51.7 Å². The third kappa shape index (κ3) is 3.07. The summed E-state index contributed by atoms with van der Waals surface area (Å²) >= 11 is 3.33. The molecule has 3 aromatic rings. The van der Waals surface area contributed by atoms with Gasteiger partial charge < -0.3 is 4.42 Å². The van der Waals surface area contributed by atoms with Crippen LogP contribution in [-0.4, -0.2) is 4.92 Å². The first kappa shape index (κ1) is 16.3. The highest BCUT2D eigenvalue weighted by atomic mass is 79.9. The van der Waals surface area contributed by atoms with Crippen LogP contribution in [0.3, 0.4) is 0 Å². The minimum Gasteiger partial charge on any atom is -0.422 e. The van der Waals surface area contributed by atoms with E-state index in [-0.39, 0.29) is 12.1 Å². The van der Waals surface area contributed by atoms with E-state index in [2.05, 4.69) is 15.9 Å². The number of nitro benzene ring substituents is 1. The van der Waals surface area contributed by atoms with Gasteiger partial charge in [0, 0.05) is 34.8 Å². The molecule has 5 nitrogen and oxygen atoms in total. The van der Waals surface area contributed by atoms with Crippen molar-refractivity contribution in [3.63, 3.8) is 0 Å². The summed E-state index contributed by atoms with van der Waals surface area (Å²) in [4.78, 5) is 22.7. The number of nitrogens with zero attached hydrogens (tertiary/aromatic N) is 1. The molecule has 0 saturated carbocycles. The van der Waals surface area contributed by atoms with Crippen molar-refractivity contribution in [1.82, 2.24) is 0 Å². The molecule has 3 rings (SSSR count). The van der Waals surface area contributed by atoms with Crippen LogP contribution in [0.25, 0.3) is 11.0 Å². The number of nitro groups is 1. The Balaban J connectivity index is 2.15. The van der Waals surface area contributed by atoms with Gasteiger partial charge in [-0.25, -0.2) is 9.18 Å². The highest BCUT2D eigenvalue weighted by Gasteiger charge is 2.16. The summed E-state index contributed by atoms with van der Waals surface area (Å²) in [5.41, 5.74) is 1.30. The van der Waals surface area contributed by atoms with Crippen LogP contribution in [0, 0.1) is 15.9 Å². The molecule has 0 atom stereocenters. The third-order valence-corrected chi connectivity index (χ3v) is 4.28. The van der Waals surface area contributed by atoms with E-state index in [4.69, 9.17) is 4.42 Å². The molecule has 1 aromatic heterocycles. The summed E-state index contributed by atoms with van der Waals surface area (Å²) in [6.07, 6.45) is 0.164. The number of non-ortho nitro benzene ring substituents is 1. The lowest BCUT2D eigenvalue weighted by Gasteiger charge is -2.09. The number of alkyl halides is 1. The molecule has 0 bridgehead atoms. The molecule has 0 N–H and O–H groups in total. The van der Waals surface area contributed by atoms with E-state index in [1.165, 1.54) is 30.3 Å². The molecule has 0 fully saturated rings. The Kier molecular flexibility index (Phi) is 4.44. The van der Waals surface area contributed by atoms with Crippen molar-refractivity contribution in [2.75, 3.05) is 0 Å². The standard InChI is InChI=1S/C17H11BrFNO4/c18-9-15-13-8-11(19)4-5-16(13)24-17(21)14(15)7-10-2-1-3-12(6-10)20(22)23/h1-6,8H,7,9H2. The number of hydrogen-bond acceptors (Lipinski definition) is 4. The quantitative estimate of drug-likeness (QED) is 0.287. The van der Waals surface area contributed by atoms with Gasteiger partial charge in [0.2, 0.25) is 0 Å². The number of benzene rings is 2. The first-order valence-electron chi connectivity index (χ1n) is 7.03. The molecule has 7 heteroatoms. The van der Waals surface area contributed by atoms with Crippen molar-refractivity contribution in [1.29, 1.82) is 0 Å². The molecular weight excluding hydrogens is 381 g/mol. The second kappa shape index (κ2) is 6.52. The van der Waals surface area contributed by atoms with E-state index in [0.29, 0.717) is 33.0 Å². The minimum atomic E-state index is -0.532. The van der Waals surface area contributed by atoms with Crippen LogP contribution >= 0.6 is 15.9 Å². The fourth-order valence-corrected chi connectivity index (χ4v) is 3.23. The Morgan fingerprint density at radius 3 is 2.67 bits per heavy atom.